The average molecular weight is 631 g/mol. The minimum absolute atomic E-state index is 0.0454. The van der Waals surface area contributed by atoms with Gasteiger partial charge in [0.25, 0.3) is 0 Å². The molecule has 7 rings (SSSR count). The van der Waals surface area contributed by atoms with E-state index in [1.165, 1.54) is 12.1 Å². The zero-order valence-corrected chi connectivity index (χ0v) is 25.1. The summed E-state index contributed by atoms with van der Waals surface area (Å²) in [6.45, 7) is 4.64. The average Bonchev–Trinajstić information content (AvgIpc) is 3.70. The molecule has 2 saturated carbocycles. The number of imide groups is 1. The number of rotatable bonds is 6. The molecule has 7 atom stereocenters. The van der Waals surface area contributed by atoms with Crippen LogP contribution < -0.4 is 19.2 Å². The number of thiazole rings is 1. The van der Waals surface area contributed by atoms with Gasteiger partial charge in [-0.05, 0) is 66.0 Å². The molecule has 4 aliphatic rings. The maximum absolute atomic E-state index is 13.9. The van der Waals surface area contributed by atoms with Crippen LogP contribution in [0.15, 0.2) is 52.3 Å². The number of aromatic nitrogens is 1. The number of thioether (sulfide) groups is 1. The lowest BCUT2D eigenvalue weighted by Crippen LogP contribution is -2.42. The van der Waals surface area contributed by atoms with Crippen molar-refractivity contribution in [3.05, 3.63) is 68.1 Å². The third-order valence-corrected chi connectivity index (χ3v) is 11.9. The fourth-order valence-electron chi connectivity index (χ4n) is 7.72. The highest BCUT2D eigenvalue weighted by Crippen LogP contribution is 2.69. The molecule has 43 heavy (non-hydrogen) atoms. The molecule has 5 unspecified atom stereocenters. The van der Waals surface area contributed by atoms with Crippen molar-refractivity contribution in [2.45, 2.75) is 42.6 Å². The number of carbonyl (C=O) groups excluding carboxylic acids is 2. The SMILES string of the molecule is COc1cc(C2c3sc(=O)[nH]c3SC3C2[C@H]2C[C@@H]3C3C(=O)N(c4cccc(C(F)(F)F)c4)C(=O)C32)ccc1OCC(C)C. The highest BCUT2D eigenvalue weighted by atomic mass is 32.2. The number of carbonyl (C=O) groups is 2. The summed E-state index contributed by atoms with van der Waals surface area (Å²) in [5.74, 6) is -1.18. The Hall–Kier alpha value is -3.25. The molecule has 1 N–H and O–H groups in total. The van der Waals surface area contributed by atoms with Crippen LogP contribution in [0, 0.1) is 35.5 Å². The van der Waals surface area contributed by atoms with Crippen LogP contribution in [-0.4, -0.2) is 35.8 Å². The molecule has 2 aliphatic carbocycles. The molecule has 0 radical (unpaired) electrons. The number of amides is 2. The minimum atomic E-state index is -4.60. The smallest absolute Gasteiger partial charge is 0.416 e. The van der Waals surface area contributed by atoms with E-state index in [4.69, 9.17) is 9.47 Å². The fourth-order valence-corrected chi connectivity index (χ4v) is 10.6. The van der Waals surface area contributed by atoms with Crippen molar-refractivity contribution >= 4 is 40.6 Å². The Labute approximate surface area is 253 Å². The van der Waals surface area contributed by atoms with Crippen molar-refractivity contribution < 1.29 is 32.2 Å². The summed E-state index contributed by atoms with van der Waals surface area (Å²) in [7, 11) is 1.58. The molecule has 7 nitrogen and oxygen atoms in total. The summed E-state index contributed by atoms with van der Waals surface area (Å²) in [6, 6.07) is 10.2. The molecular weight excluding hydrogens is 601 g/mol. The van der Waals surface area contributed by atoms with Crippen LogP contribution in [0.3, 0.4) is 0 Å². The Morgan fingerprint density at radius 3 is 2.47 bits per heavy atom. The molecule has 226 valence electrons. The largest absolute Gasteiger partial charge is 0.493 e. The molecule has 2 aliphatic heterocycles. The number of anilines is 1. The Kier molecular flexibility index (Phi) is 6.73. The third kappa shape index (κ3) is 4.43. The van der Waals surface area contributed by atoms with Gasteiger partial charge in [0.2, 0.25) is 11.8 Å². The van der Waals surface area contributed by atoms with Crippen molar-refractivity contribution in [2.75, 3.05) is 18.6 Å². The van der Waals surface area contributed by atoms with E-state index in [1.54, 1.807) is 18.9 Å². The molecule has 2 bridgehead atoms. The van der Waals surface area contributed by atoms with E-state index in [0.29, 0.717) is 30.4 Å². The van der Waals surface area contributed by atoms with Gasteiger partial charge in [0.05, 0.1) is 41.8 Å². The third-order valence-electron chi connectivity index (χ3n) is 9.27. The quantitative estimate of drug-likeness (QED) is 0.328. The second-order valence-electron chi connectivity index (χ2n) is 12.1. The number of methoxy groups -OCH3 is 1. The van der Waals surface area contributed by atoms with Crippen molar-refractivity contribution in [1.29, 1.82) is 0 Å². The van der Waals surface area contributed by atoms with Gasteiger partial charge in [-0.2, -0.15) is 13.2 Å². The number of nitrogens with zero attached hydrogens (tertiary/aromatic N) is 1. The number of halogens is 3. The van der Waals surface area contributed by atoms with Gasteiger partial charge in [-0.15, -0.1) is 11.8 Å². The number of benzene rings is 2. The van der Waals surface area contributed by atoms with Gasteiger partial charge < -0.3 is 14.5 Å². The number of nitrogens with one attached hydrogen (secondary N) is 1. The first-order valence-corrected chi connectivity index (χ1v) is 15.9. The summed E-state index contributed by atoms with van der Waals surface area (Å²) >= 11 is 2.71. The standard InChI is InChI=1S/C31H29F3N2O5S2/c1-13(2)12-41-19-8-7-14(9-20(19)40-3)21-22-17-11-18(25(22)42-27-26(21)43-30(39)35-27)24-23(17)28(37)36(29(24)38)16-6-4-5-15(10-16)31(32,33)34/h4-10,13,17-18,21-25H,11-12H2,1-3H3,(H,35,39)/t17-,18-,21?,22?,23?,24?,25?/m1/s1. The number of hydrogen-bond donors (Lipinski definition) is 1. The molecule has 3 aromatic rings. The lowest BCUT2D eigenvalue weighted by molar-refractivity contribution is -0.137. The van der Waals surface area contributed by atoms with E-state index < -0.39 is 35.4 Å². The van der Waals surface area contributed by atoms with E-state index in [0.717, 1.165) is 43.8 Å². The van der Waals surface area contributed by atoms with E-state index in [1.807, 2.05) is 18.2 Å². The second kappa shape index (κ2) is 10.2. The molecule has 1 aromatic heterocycles. The number of hydrogen-bond acceptors (Lipinski definition) is 7. The van der Waals surface area contributed by atoms with Gasteiger partial charge in [0, 0.05) is 16.0 Å². The predicted octanol–water partition coefficient (Wildman–Crippen LogP) is 6.18. The maximum Gasteiger partial charge on any atom is 0.416 e. The van der Waals surface area contributed by atoms with E-state index in [2.05, 4.69) is 18.8 Å². The van der Waals surface area contributed by atoms with E-state index in [-0.39, 0.29) is 39.5 Å². The first-order valence-electron chi connectivity index (χ1n) is 14.2. The Bertz CT molecular complexity index is 1680. The normalized spacial score (nSPS) is 29.2. The topological polar surface area (TPSA) is 88.7 Å². The Morgan fingerprint density at radius 1 is 1.02 bits per heavy atom. The zero-order valence-electron chi connectivity index (χ0n) is 23.5. The molecule has 3 heterocycles. The number of alkyl halides is 3. The Morgan fingerprint density at radius 2 is 1.77 bits per heavy atom. The lowest BCUT2D eigenvalue weighted by atomic mass is 9.68. The fraction of sp³-hybridized carbons (Fsp3) is 0.452. The molecule has 2 aromatic carbocycles. The van der Waals surface area contributed by atoms with Crippen LogP contribution in [0.5, 0.6) is 11.5 Å². The van der Waals surface area contributed by atoms with Crippen LogP contribution in [0.2, 0.25) is 0 Å². The van der Waals surface area contributed by atoms with E-state index in [9.17, 15) is 27.6 Å². The lowest BCUT2D eigenvalue weighted by Gasteiger charge is -2.43. The van der Waals surface area contributed by atoms with Crippen LogP contribution >= 0.6 is 23.1 Å². The summed E-state index contributed by atoms with van der Waals surface area (Å²) in [5.41, 5.74) is -0.0230. The summed E-state index contributed by atoms with van der Waals surface area (Å²) < 4.78 is 52.1. The predicted molar refractivity (Wildman–Crippen MR) is 156 cm³/mol. The number of ether oxygens (including phenoxy) is 2. The molecule has 12 heteroatoms. The Balaban J connectivity index is 1.27. The zero-order chi connectivity index (χ0) is 30.4. The molecular formula is C31H29F3N2O5S2. The highest BCUT2D eigenvalue weighted by Gasteiger charge is 2.69. The highest BCUT2D eigenvalue weighted by molar-refractivity contribution is 8.00. The van der Waals surface area contributed by atoms with Crippen molar-refractivity contribution in [3.63, 3.8) is 0 Å². The summed E-state index contributed by atoms with van der Waals surface area (Å²) in [5, 5.41) is 0.728. The van der Waals surface area contributed by atoms with Gasteiger partial charge in [0.15, 0.2) is 11.5 Å². The minimum Gasteiger partial charge on any atom is -0.493 e. The first kappa shape index (κ1) is 28.5. The molecule has 2 amide bonds. The van der Waals surface area contributed by atoms with Crippen molar-refractivity contribution in [3.8, 4) is 11.5 Å². The van der Waals surface area contributed by atoms with Gasteiger partial charge in [-0.3, -0.25) is 19.3 Å². The van der Waals surface area contributed by atoms with E-state index >= 15 is 0 Å². The van der Waals surface area contributed by atoms with Crippen molar-refractivity contribution in [1.82, 2.24) is 4.98 Å². The van der Waals surface area contributed by atoms with Crippen LogP contribution in [0.25, 0.3) is 0 Å². The number of fused-ring (bicyclic) bond motifs is 9. The van der Waals surface area contributed by atoms with Crippen LogP contribution in [0.4, 0.5) is 18.9 Å². The molecule has 0 spiro atoms. The monoisotopic (exact) mass is 630 g/mol. The maximum atomic E-state index is 13.9. The number of aromatic amines is 1. The second-order valence-corrected chi connectivity index (χ2v) is 14.3. The molecule has 3 fully saturated rings. The number of H-pyrrole nitrogens is 1. The van der Waals surface area contributed by atoms with Crippen molar-refractivity contribution in [2.24, 2.45) is 35.5 Å². The first-order chi connectivity index (χ1) is 20.5. The summed E-state index contributed by atoms with van der Waals surface area (Å²) in [4.78, 5) is 44.9. The van der Waals surface area contributed by atoms with Crippen LogP contribution in [0.1, 0.15) is 42.2 Å². The van der Waals surface area contributed by atoms with Crippen LogP contribution in [-0.2, 0) is 15.8 Å². The van der Waals surface area contributed by atoms with Gasteiger partial charge in [0.1, 0.15) is 0 Å². The van der Waals surface area contributed by atoms with Gasteiger partial charge in [-0.1, -0.05) is 37.3 Å². The summed E-state index contributed by atoms with van der Waals surface area (Å²) in [6.07, 6.45) is -3.92. The molecule has 1 saturated heterocycles. The van der Waals surface area contributed by atoms with Gasteiger partial charge >= 0.3 is 11.0 Å². The van der Waals surface area contributed by atoms with Gasteiger partial charge in [-0.25, -0.2) is 0 Å².